The van der Waals surface area contributed by atoms with Crippen LogP contribution in [0.1, 0.15) is 31.2 Å². The summed E-state index contributed by atoms with van der Waals surface area (Å²) in [4.78, 5) is 22.6. The summed E-state index contributed by atoms with van der Waals surface area (Å²) in [5.74, 6) is 1.24. The molecule has 138 valence electrons. The number of hydrogen-bond donors (Lipinski definition) is 0. The van der Waals surface area contributed by atoms with Crippen LogP contribution in [-0.4, -0.2) is 53.7 Å². The predicted octanol–water partition coefficient (Wildman–Crippen LogP) is 3.03. The molecule has 2 aromatic heterocycles. The molecule has 1 aliphatic heterocycles. The molecule has 2 aliphatic rings. The molecule has 4 rings (SSSR count). The number of amides is 1. The van der Waals surface area contributed by atoms with Crippen LogP contribution in [0, 0.1) is 5.92 Å². The molecule has 1 amide bonds. The minimum atomic E-state index is -0.0219. The fraction of sp³-hybridized carbons (Fsp3) is 0.526. The smallest absolute Gasteiger partial charge is 0.225 e. The minimum Gasteiger partial charge on any atom is -0.470 e. The van der Waals surface area contributed by atoms with E-state index in [9.17, 15) is 4.79 Å². The fourth-order valence-electron chi connectivity index (χ4n) is 3.37. The molecule has 3 heterocycles. The Morgan fingerprint density at radius 2 is 2.08 bits per heavy atom. The molecule has 6 nitrogen and oxygen atoms in total. The fourth-order valence-corrected chi connectivity index (χ4v) is 3.53. The first-order valence-corrected chi connectivity index (χ1v) is 9.33. The van der Waals surface area contributed by atoms with E-state index in [0.29, 0.717) is 30.7 Å². The molecule has 0 radical (unpaired) electrons. The molecule has 2 aromatic rings. The molecule has 1 aliphatic carbocycles. The lowest BCUT2D eigenvalue weighted by molar-refractivity contribution is -0.141. The van der Waals surface area contributed by atoms with Gasteiger partial charge in [-0.3, -0.25) is 4.79 Å². The van der Waals surface area contributed by atoms with Crippen molar-refractivity contribution in [2.45, 2.75) is 31.8 Å². The SMILES string of the molecule is COC[C@H](C)c1cnc(OC2CN(C(=O)C3CC3)C2)c2cnc(Cl)cc12. The van der Waals surface area contributed by atoms with Crippen LogP contribution in [0.2, 0.25) is 5.15 Å². The predicted molar refractivity (Wildman–Crippen MR) is 98.6 cm³/mol. The maximum absolute atomic E-state index is 12.0. The summed E-state index contributed by atoms with van der Waals surface area (Å²) in [7, 11) is 1.68. The zero-order valence-electron chi connectivity index (χ0n) is 14.9. The van der Waals surface area contributed by atoms with E-state index in [1.165, 1.54) is 0 Å². The number of fused-ring (bicyclic) bond motifs is 1. The summed E-state index contributed by atoms with van der Waals surface area (Å²) in [6, 6.07) is 1.84. The molecule has 0 aromatic carbocycles. The van der Waals surface area contributed by atoms with Gasteiger partial charge >= 0.3 is 0 Å². The number of pyridine rings is 2. The Morgan fingerprint density at radius 1 is 1.31 bits per heavy atom. The Kier molecular flexibility index (Phi) is 4.71. The van der Waals surface area contributed by atoms with Gasteiger partial charge in [0.1, 0.15) is 11.3 Å². The third kappa shape index (κ3) is 3.35. The van der Waals surface area contributed by atoms with Crippen molar-refractivity contribution < 1.29 is 14.3 Å². The van der Waals surface area contributed by atoms with Gasteiger partial charge in [-0.05, 0) is 29.9 Å². The maximum Gasteiger partial charge on any atom is 0.225 e. The summed E-state index contributed by atoms with van der Waals surface area (Å²) in [5.41, 5.74) is 1.05. The van der Waals surface area contributed by atoms with Gasteiger partial charge < -0.3 is 14.4 Å². The van der Waals surface area contributed by atoms with Crippen molar-refractivity contribution in [3.8, 4) is 5.88 Å². The zero-order valence-corrected chi connectivity index (χ0v) is 15.7. The molecule has 2 fully saturated rings. The Labute approximate surface area is 157 Å². The van der Waals surface area contributed by atoms with E-state index in [1.807, 2.05) is 17.2 Å². The minimum absolute atomic E-state index is 0.0219. The lowest BCUT2D eigenvalue weighted by Gasteiger charge is -2.39. The molecule has 7 heteroatoms. The normalized spacial score (nSPS) is 18.7. The molecule has 1 saturated heterocycles. The number of methoxy groups -OCH3 is 1. The van der Waals surface area contributed by atoms with Crippen LogP contribution >= 0.6 is 11.6 Å². The van der Waals surface area contributed by atoms with Crippen LogP contribution in [0.15, 0.2) is 18.5 Å². The van der Waals surface area contributed by atoms with Crippen molar-refractivity contribution >= 4 is 28.3 Å². The Morgan fingerprint density at radius 3 is 2.77 bits per heavy atom. The molecule has 1 atom stereocenters. The third-order valence-electron chi connectivity index (χ3n) is 5.05. The quantitative estimate of drug-likeness (QED) is 0.726. The zero-order chi connectivity index (χ0) is 18.3. The van der Waals surface area contributed by atoms with Gasteiger partial charge in [0.05, 0.1) is 25.1 Å². The van der Waals surface area contributed by atoms with Crippen LogP contribution in [0.4, 0.5) is 0 Å². The Hall–Kier alpha value is -1.92. The average Bonchev–Trinajstić information content (AvgIpc) is 3.42. The van der Waals surface area contributed by atoms with E-state index in [2.05, 4.69) is 16.9 Å². The van der Waals surface area contributed by atoms with E-state index in [-0.39, 0.29) is 23.8 Å². The van der Waals surface area contributed by atoms with Crippen LogP contribution in [0.25, 0.3) is 10.8 Å². The molecule has 1 saturated carbocycles. The van der Waals surface area contributed by atoms with Crippen molar-refractivity contribution in [3.05, 3.63) is 29.2 Å². The van der Waals surface area contributed by atoms with Gasteiger partial charge in [-0.2, -0.15) is 0 Å². The van der Waals surface area contributed by atoms with E-state index < -0.39 is 0 Å². The van der Waals surface area contributed by atoms with Gasteiger partial charge in [0.15, 0.2) is 0 Å². The summed E-state index contributed by atoms with van der Waals surface area (Å²) in [5, 5.41) is 2.25. The van der Waals surface area contributed by atoms with Gasteiger partial charge in [0, 0.05) is 31.3 Å². The monoisotopic (exact) mass is 375 g/mol. The van der Waals surface area contributed by atoms with Crippen LogP contribution in [0.3, 0.4) is 0 Å². The first-order valence-electron chi connectivity index (χ1n) is 8.95. The second-order valence-corrected chi connectivity index (χ2v) is 7.57. The Bertz CT molecular complexity index is 834. The highest BCUT2D eigenvalue weighted by atomic mass is 35.5. The molecular formula is C19H22ClN3O3. The summed E-state index contributed by atoms with van der Waals surface area (Å²) in [6.07, 6.45) is 5.56. The van der Waals surface area contributed by atoms with E-state index in [4.69, 9.17) is 21.1 Å². The third-order valence-corrected chi connectivity index (χ3v) is 5.25. The van der Waals surface area contributed by atoms with Crippen molar-refractivity contribution in [1.82, 2.24) is 14.9 Å². The highest BCUT2D eigenvalue weighted by Gasteiger charge is 2.40. The lowest BCUT2D eigenvalue weighted by Crippen LogP contribution is -2.56. The van der Waals surface area contributed by atoms with Gasteiger partial charge in [0.25, 0.3) is 0 Å². The summed E-state index contributed by atoms with van der Waals surface area (Å²) < 4.78 is 11.3. The molecule has 0 spiro atoms. The molecule has 26 heavy (non-hydrogen) atoms. The number of carbonyl (C=O) groups is 1. The molecule has 0 bridgehead atoms. The second kappa shape index (κ2) is 7.00. The molecule has 0 unspecified atom stereocenters. The topological polar surface area (TPSA) is 64.6 Å². The highest BCUT2D eigenvalue weighted by molar-refractivity contribution is 6.30. The molecular weight excluding hydrogens is 354 g/mol. The van der Waals surface area contributed by atoms with Gasteiger partial charge in [0.2, 0.25) is 11.8 Å². The number of likely N-dealkylation sites (tertiary alicyclic amines) is 1. The van der Waals surface area contributed by atoms with Gasteiger partial charge in [-0.1, -0.05) is 18.5 Å². The molecule has 0 N–H and O–H groups in total. The average molecular weight is 376 g/mol. The number of ether oxygens (including phenoxy) is 2. The van der Waals surface area contributed by atoms with Crippen molar-refractivity contribution in [1.29, 1.82) is 0 Å². The highest BCUT2D eigenvalue weighted by Crippen LogP contribution is 2.35. The summed E-state index contributed by atoms with van der Waals surface area (Å²) in [6.45, 7) is 3.93. The number of hydrogen-bond acceptors (Lipinski definition) is 5. The number of carbonyl (C=O) groups excluding carboxylic acids is 1. The largest absolute Gasteiger partial charge is 0.470 e. The number of rotatable bonds is 6. The van der Waals surface area contributed by atoms with E-state index >= 15 is 0 Å². The standard InChI is InChI=1S/C19H22ClN3O3/c1-11(10-25-2)15-6-22-18(16-7-21-17(20)5-14(15)16)26-13-8-23(9-13)19(24)12-3-4-12/h5-7,11-13H,3-4,8-10H2,1-2H3/t11-/m0/s1. The maximum atomic E-state index is 12.0. The number of aromatic nitrogens is 2. The van der Waals surface area contributed by atoms with Crippen molar-refractivity contribution in [2.75, 3.05) is 26.8 Å². The second-order valence-electron chi connectivity index (χ2n) is 7.19. The first-order chi connectivity index (χ1) is 12.6. The number of halogens is 1. The van der Waals surface area contributed by atoms with Crippen LogP contribution < -0.4 is 4.74 Å². The van der Waals surface area contributed by atoms with Crippen LogP contribution in [-0.2, 0) is 9.53 Å². The van der Waals surface area contributed by atoms with Crippen molar-refractivity contribution in [3.63, 3.8) is 0 Å². The summed E-state index contributed by atoms with van der Waals surface area (Å²) >= 11 is 6.11. The Balaban J connectivity index is 1.54. The van der Waals surface area contributed by atoms with Crippen LogP contribution in [0.5, 0.6) is 5.88 Å². The van der Waals surface area contributed by atoms with E-state index in [0.717, 1.165) is 29.2 Å². The number of nitrogens with zero attached hydrogens (tertiary/aromatic N) is 3. The lowest BCUT2D eigenvalue weighted by atomic mass is 9.98. The van der Waals surface area contributed by atoms with Gasteiger partial charge in [-0.15, -0.1) is 0 Å². The van der Waals surface area contributed by atoms with Gasteiger partial charge in [-0.25, -0.2) is 9.97 Å². The van der Waals surface area contributed by atoms with Crippen molar-refractivity contribution in [2.24, 2.45) is 5.92 Å². The van der Waals surface area contributed by atoms with E-state index in [1.54, 1.807) is 13.3 Å². The first kappa shape index (κ1) is 17.5.